The van der Waals surface area contributed by atoms with Crippen LogP contribution in [0.25, 0.3) is 0 Å². The van der Waals surface area contributed by atoms with E-state index in [1.54, 1.807) is 13.8 Å². The molecule has 0 radical (unpaired) electrons. The number of ether oxygens (including phenoxy) is 3. The molecule has 0 unspecified atom stereocenters. The molecule has 1 aromatic rings. The number of hydrogen-bond acceptors (Lipinski definition) is 6. The Bertz CT molecular complexity index is 480. The van der Waals surface area contributed by atoms with E-state index in [0.717, 1.165) is 6.07 Å². The Hall–Kier alpha value is -2.24. The van der Waals surface area contributed by atoms with E-state index in [0.29, 0.717) is 6.61 Å². The number of phenols is 1. The molecule has 0 saturated carbocycles. The lowest BCUT2D eigenvalue weighted by Gasteiger charge is -2.12. The van der Waals surface area contributed by atoms with Gasteiger partial charge in [-0.15, -0.1) is 0 Å². The molecule has 104 valence electrons. The van der Waals surface area contributed by atoms with Crippen LogP contribution in [0.3, 0.4) is 0 Å². The maximum Gasteiger partial charge on any atom is 0.379 e. The van der Waals surface area contributed by atoms with Crippen molar-refractivity contribution in [3.63, 3.8) is 0 Å². The zero-order valence-corrected chi connectivity index (χ0v) is 11.1. The van der Waals surface area contributed by atoms with Gasteiger partial charge in [0.05, 0.1) is 20.3 Å². The average Bonchev–Trinajstić information content (AvgIpc) is 2.38. The van der Waals surface area contributed by atoms with Crippen LogP contribution in [0, 0.1) is 0 Å². The summed E-state index contributed by atoms with van der Waals surface area (Å²) in [7, 11) is 1.37. The van der Waals surface area contributed by atoms with Crippen molar-refractivity contribution >= 4 is 11.8 Å². The van der Waals surface area contributed by atoms with Crippen molar-refractivity contribution in [2.24, 2.45) is 0 Å². The van der Waals surface area contributed by atoms with Gasteiger partial charge in [0.25, 0.3) is 5.78 Å². The van der Waals surface area contributed by atoms with Gasteiger partial charge in [-0.05, 0) is 26.0 Å². The highest BCUT2D eigenvalue weighted by Gasteiger charge is 2.22. The molecule has 0 spiro atoms. The van der Waals surface area contributed by atoms with Crippen LogP contribution >= 0.6 is 0 Å². The van der Waals surface area contributed by atoms with Crippen LogP contribution in [-0.4, -0.2) is 37.2 Å². The molecule has 1 aromatic carbocycles. The summed E-state index contributed by atoms with van der Waals surface area (Å²) in [5, 5.41) is 9.75. The fourth-order valence-corrected chi connectivity index (χ4v) is 1.50. The quantitative estimate of drug-likeness (QED) is 0.479. The van der Waals surface area contributed by atoms with Gasteiger partial charge >= 0.3 is 5.97 Å². The number of phenolic OH excluding ortho intramolecular Hbond substituents is 1. The van der Waals surface area contributed by atoms with Crippen molar-refractivity contribution in [3.05, 3.63) is 17.7 Å². The Morgan fingerprint density at radius 3 is 2.42 bits per heavy atom. The first-order valence-corrected chi connectivity index (χ1v) is 5.80. The number of benzene rings is 1. The van der Waals surface area contributed by atoms with Crippen molar-refractivity contribution in [1.29, 1.82) is 0 Å². The third-order valence-corrected chi connectivity index (χ3v) is 2.26. The van der Waals surface area contributed by atoms with Crippen molar-refractivity contribution in [1.82, 2.24) is 0 Å². The lowest BCUT2D eigenvalue weighted by Crippen LogP contribution is -2.17. The Kier molecular flexibility index (Phi) is 5.17. The predicted octanol–water partition coefficient (Wildman–Crippen LogP) is 1.55. The number of hydrogen-bond donors (Lipinski definition) is 1. The normalized spacial score (nSPS) is 9.84. The molecule has 1 N–H and O–H groups in total. The zero-order chi connectivity index (χ0) is 14.4. The molecule has 0 aromatic heterocycles. The third-order valence-electron chi connectivity index (χ3n) is 2.26. The van der Waals surface area contributed by atoms with Crippen molar-refractivity contribution < 1.29 is 28.9 Å². The molecule has 1 rings (SSSR count). The van der Waals surface area contributed by atoms with Gasteiger partial charge in [-0.3, -0.25) is 4.79 Å². The smallest absolute Gasteiger partial charge is 0.379 e. The summed E-state index contributed by atoms with van der Waals surface area (Å²) >= 11 is 0. The maximum absolute atomic E-state index is 11.8. The largest absolute Gasteiger partial charge is 0.504 e. The van der Waals surface area contributed by atoms with E-state index in [1.807, 2.05) is 0 Å². The molecule has 0 amide bonds. The average molecular weight is 268 g/mol. The summed E-state index contributed by atoms with van der Waals surface area (Å²) in [5.74, 6) is -1.80. The van der Waals surface area contributed by atoms with Gasteiger partial charge in [0.1, 0.15) is 0 Å². The first-order chi connectivity index (χ1) is 9.04. The highest BCUT2D eigenvalue weighted by molar-refractivity contribution is 6.40. The molecule has 0 fully saturated rings. The standard InChI is InChI=1S/C13H16O6/c1-4-18-10-7-8(6-9(14)12(10)17-3)11(15)13(16)19-5-2/h6-7,14H,4-5H2,1-3H3. The van der Waals surface area contributed by atoms with Crippen LogP contribution in [-0.2, 0) is 9.53 Å². The minimum absolute atomic E-state index is 0.0137. The maximum atomic E-state index is 11.8. The molecule has 6 heteroatoms. The monoisotopic (exact) mass is 268 g/mol. The molecular weight excluding hydrogens is 252 g/mol. The van der Waals surface area contributed by atoms with Gasteiger partial charge in [0.2, 0.25) is 5.75 Å². The van der Waals surface area contributed by atoms with E-state index in [9.17, 15) is 14.7 Å². The lowest BCUT2D eigenvalue weighted by molar-refractivity contribution is -0.137. The molecule has 0 atom stereocenters. The minimum atomic E-state index is -0.977. The highest BCUT2D eigenvalue weighted by Crippen LogP contribution is 2.37. The van der Waals surface area contributed by atoms with Crippen LogP contribution in [0.15, 0.2) is 12.1 Å². The zero-order valence-electron chi connectivity index (χ0n) is 11.1. The van der Waals surface area contributed by atoms with E-state index >= 15 is 0 Å². The second-order valence-electron chi connectivity index (χ2n) is 3.51. The predicted molar refractivity (Wildman–Crippen MR) is 66.8 cm³/mol. The molecular formula is C13H16O6. The Balaban J connectivity index is 3.16. The Labute approximate surface area is 110 Å². The van der Waals surface area contributed by atoms with Crippen molar-refractivity contribution in [2.75, 3.05) is 20.3 Å². The fourth-order valence-electron chi connectivity index (χ4n) is 1.50. The van der Waals surface area contributed by atoms with Gasteiger partial charge in [-0.25, -0.2) is 4.79 Å². The molecule has 0 heterocycles. The summed E-state index contributed by atoms with van der Waals surface area (Å²) in [6.07, 6.45) is 0. The number of ketones is 1. The van der Waals surface area contributed by atoms with E-state index in [-0.39, 0.29) is 29.4 Å². The van der Waals surface area contributed by atoms with Gasteiger partial charge in [-0.2, -0.15) is 0 Å². The van der Waals surface area contributed by atoms with Crippen LogP contribution in [0.4, 0.5) is 0 Å². The molecule has 6 nitrogen and oxygen atoms in total. The Morgan fingerprint density at radius 1 is 1.21 bits per heavy atom. The van der Waals surface area contributed by atoms with Gasteiger partial charge in [0.15, 0.2) is 11.5 Å². The van der Waals surface area contributed by atoms with E-state index in [2.05, 4.69) is 4.74 Å². The second-order valence-corrected chi connectivity index (χ2v) is 3.51. The van der Waals surface area contributed by atoms with Crippen molar-refractivity contribution in [3.8, 4) is 17.2 Å². The lowest BCUT2D eigenvalue weighted by atomic mass is 10.1. The summed E-state index contributed by atoms with van der Waals surface area (Å²) < 4.78 is 14.8. The first-order valence-electron chi connectivity index (χ1n) is 5.80. The Morgan fingerprint density at radius 2 is 1.89 bits per heavy atom. The van der Waals surface area contributed by atoms with Gasteiger partial charge in [0, 0.05) is 5.56 Å². The highest BCUT2D eigenvalue weighted by atomic mass is 16.5. The van der Waals surface area contributed by atoms with Crippen molar-refractivity contribution in [2.45, 2.75) is 13.8 Å². The fraction of sp³-hybridized carbons (Fsp3) is 0.385. The summed E-state index contributed by atoms with van der Waals surface area (Å²) in [5.41, 5.74) is -0.0137. The number of aromatic hydroxyl groups is 1. The topological polar surface area (TPSA) is 82.1 Å². The van der Waals surface area contributed by atoms with Gasteiger partial charge < -0.3 is 19.3 Å². The number of esters is 1. The molecule has 0 saturated heterocycles. The molecule has 0 bridgehead atoms. The summed E-state index contributed by atoms with van der Waals surface area (Å²) in [6.45, 7) is 3.77. The van der Waals surface area contributed by atoms with E-state index in [1.165, 1.54) is 13.2 Å². The van der Waals surface area contributed by atoms with E-state index in [4.69, 9.17) is 9.47 Å². The number of Topliss-reactive ketones (excluding diaryl/α,β-unsaturated/α-hetero) is 1. The van der Waals surface area contributed by atoms with Crippen LogP contribution in [0.2, 0.25) is 0 Å². The number of rotatable bonds is 6. The number of methoxy groups -OCH3 is 1. The molecule has 0 aliphatic carbocycles. The van der Waals surface area contributed by atoms with Crippen LogP contribution in [0.5, 0.6) is 17.2 Å². The van der Waals surface area contributed by atoms with Crippen LogP contribution < -0.4 is 9.47 Å². The molecule has 19 heavy (non-hydrogen) atoms. The number of carbonyl (C=O) groups is 2. The van der Waals surface area contributed by atoms with Crippen LogP contribution in [0.1, 0.15) is 24.2 Å². The number of carbonyl (C=O) groups excluding carboxylic acids is 2. The van der Waals surface area contributed by atoms with E-state index < -0.39 is 11.8 Å². The summed E-state index contributed by atoms with van der Waals surface area (Å²) in [4.78, 5) is 23.1. The first kappa shape index (κ1) is 14.8. The molecule has 0 aliphatic rings. The summed E-state index contributed by atoms with van der Waals surface area (Å²) in [6, 6.07) is 2.47. The SMILES string of the molecule is CCOC(=O)C(=O)c1cc(O)c(OC)c(OCC)c1. The minimum Gasteiger partial charge on any atom is -0.504 e. The van der Waals surface area contributed by atoms with Gasteiger partial charge in [-0.1, -0.05) is 0 Å². The third kappa shape index (κ3) is 3.37. The second kappa shape index (κ2) is 6.63. The molecule has 0 aliphatic heterocycles.